The van der Waals surface area contributed by atoms with Crippen LogP contribution in [0.4, 0.5) is 0 Å². The third-order valence-corrected chi connectivity index (χ3v) is 3.58. The summed E-state index contributed by atoms with van der Waals surface area (Å²) in [6.45, 7) is -0.368. The summed E-state index contributed by atoms with van der Waals surface area (Å²) in [6.07, 6.45) is -3.93. The highest BCUT2D eigenvalue weighted by Gasteiger charge is 2.43. The number of aliphatic hydroxyl groups is 3. The molecule has 1 saturated heterocycles. The minimum Gasteiger partial charge on any atom is -0.394 e. The fraction of sp³-hybridized carbons (Fsp3) is 0.333. The second-order valence-electron chi connectivity index (χ2n) is 4.74. The monoisotopic (exact) mass is 261 g/mol. The van der Waals surface area contributed by atoms with Crippen LogP contribution in [0.25, 0.3) is 10.8 Å². The van der Waals surface area contributed by atoms with Crippen molar-refractivity contribution in [3.05, 3.63) is 48.0 Å². The van der Waals surface area contributed by atoms with Gasteiger partial charge in [0.25, 0.3) is 0 Å². The molecule has 4 nitrogen and oxygen atoms in total. The van der Waals surface area contributed by atoms with Crippen LogP contribution in [0.15, 0.2) is 42.4 Å². The Kier molecular flexibility index (Phi) is 2.94. The Labute approximate surface area is 112 Å². The van der Waals surface area contributed by atoms with E-state index in [1.165, 1.54) is 0 Å². The summed E-state index contributed by atoms with van der Waals surface area (Å²) in [5.41, 5.74) is 0.547. The molecule has 19 heavy (non-hydrogen) atoms. The molecular formula is C15H16O4. The Morgan fingerprint density at radius 1 is 1.11 bits per heavy atom. The minimum atomic E-state index is -1.15. The summed E-state index contributed by atoms with van der Waals surface area (Å²) in [4.78, 5) is 0. The van der Waals surface area contributed by atoms with E-state index < -0.39 is 24.4 Å². The number of hydrogen-bond acceptors (Lipinski definition) is 4. The Hall–Kier alpha value is -1.46. The summed E-state index contributed by atoms with van der Waals surface area (Å²) in [5.74, 6) is 0. The van der Waals surface area contributed by atoms with Crippen LogP contribution in [0.2, 0.25) is 0 Å². The van der Waals surface area contributed by atoms with Crippen molar-refractivity contribution in [2.24, 2.45) is 0 Å². The molecule has 1 unspecified atom stereocenters. The van der Waals surface area contributed by atoms with Gasteiger partial charge in [0.15, 0.2) is 0 Å². The molecule has 1 aliphatic heterocycles. The van der Waals surface area contributed by atoms with Gasteiger partial charge in [-0.1, -0.05) is 42.4 Å². The summed E-state index contributed by atoms with van der Waals surface area (Å²) >= 11 is 0. The number of fused-ring (bicyclic) bond motifs is 1. The van der Waals surface area contributed by atoms with Crippen LogP contribution in [0.1, 0.15) is 13.0 Å². The topological polar surface area (TPSA) is 69.9 Å². The molecule has 0 saturated carbocycles. The quantitative estimate of drug-likeness (QED) is 0.754. The Morgan fingerprint density at radius 2 is 1.84 bits per heavy atom. The van der Waals surface area contributed by atoms with E-state index in [4.69, 9.17) is 11.2 Å². The lowest BCUT2D eigenvalue weighted by molar-refractivity contribution is -0.0223. The molecule has 100 valence electrons. The van der Waals surface area contributed by atoms with Gasteiger partial charge in [0, 0.05) is 0 Å². The van der Waals surface area contributed by atoms with Crippen LogP contribution in [0, 0.1) is 0 Å². The third kappa shape index (κ3) is 2.03. The van der Waals surface area contributed by atoms with E-state index in [1.807, 2.05) is 30.3 Å². The predicted octanol–water partition coefficient (Wildman–Crippen LogP) is 0.994. The number of ether oxygens (including phenoxy) is 1. The van der Waals surface area contributed by atoms with Crippen LogP contribution < -0.4 is 0 Å². The van der Waals surface area contributed by atoms with Crippen molar-refractivity contribution >= 4 is 10.8 Å². The number of rotatable bonds is 2. The zero-order valence-electron chi connectivity index (χ0n) is 11.2. The van der Waals surface area contributed by atoms with E-state index >= 15 is 0 Å². The first-order valence-corrected chi connectivity index (χ1v) is 6.24. The largest absolute Gasteiger partial charge is 0.394 e. The van der Waals surface area contributed by atoms with Gasteiger partial charge in [0.05, 0.1) is 7.98 Å². The van der Waals surface area contributed by atoms with Gasteiger partial charge in [0.2, 0.25) is 0 Å². The van der Waals surface area contributed by atoms with Gasteiger partial charge in [-0.25, -0.2) is 0 Å². The van der Waals surface area contributed by atoms with Crippen LogP contribution >= 0.6 is 0 Å². The third-order valence-electron chi connectivity index (χ3n) is 3.58. The number of aliphatic hydroxyl groups excluding tert-OH is 3. The molecule has 2 aromatic carbocycles. The molecule has 0 radical (unpaired) electrons. The molecule has 0 bridgehead atoms. The molecule has 1 heterocycles. The van der Waals surface area contributed by atoms with Gasteiger partial charge in [-0.15, -0.1) is 0 Å². The molecule has 4 heteroatoms. The van der Waals surface area contributed by atoms with Gasteiger partial charge in [-0.2, -0.15) is 0 Å². The summed E-state index contributed by atoms with van der Waals surface area (Å²) in [7, 11) is 0. The Bertz CT molecular complexity index is 630. The van der Waals surface area contributed by atoms with Crippen LogP contribution in [-0.4, -0.2) is 40.2 Å². The SMILES string of the molecule is [2H]c1ccc2ccccc2c1C1O[C@H](CO)[C@@H](O)[C@H]1O. The lowest BCUT2D eigenvalue weighted by Gasteiger charge is -2.17. The zero-order valence-corrected chi connectivity index (χ0v) is 10.2. The number of hydrogen-bond donors (Lipinski definition) is 3. The maximum Gasteiger partial charge on any atom is 0.113 e. The Morgan fingerprint density at radius 3 is 2.58 bits per heavy atom. The first-order valence-electron chi connectivity index (χ1n) is 6.74. The number of benzene rings is 2. The lowest BCUT2D eigenvalue weighted by Crippen LogP contribution is -2.32. The molecule has 3 rings (SSSR count). The highest BCUT2D eigenvalue weighted by Crippen LogP contribution is 2.36. The molecular weight excluding hydrogens is 244 g/mol. The lowest BCUT2D eigenvalue weighted by atomic mass is 9.96. The minimum absolute atomic E-state index is 0.249. The molecule has 4 atom stereocenters. The van der Waals surface area contributed by atoms with E-state index in [1.54, 1.807) is 6.07 Å². The van der Waals surface area contributed by atoms with Crippen molar-refractivity contribution in [2.45, 2.75) is 24.4 Å². The molecule has 0 aromatic heterocycles. The van der Waals surface area contributed by atoms with Gasteiger partial charge in [-0.05, 0) is 16.3 Å². The van der Waals surface area contributed by atoms with Gasteiger partial charge in [0.1, 0.15) is 24.4 Å². The van der Waals surface area contributed by atoms with Gasteiger partial charge >= 0.3 is 0 Å². The molecule has 0 spiro atoms. The van der Waals surface area contributed by atoms with Gasteiger partial charge in [-0.3, -0.25) is 0 Å². The van der Waals surface area contributed by atoms with E-state index in [-0.39, 0.29) is 12.6 Å². The summed E-state index contributed by atoms with van der Waals surface area (Å²) in [6, 6.07) is 11.3. The normalized spacial score (nSPS) is 31.6. The molecule has 2 aromatic rings. The average Bonchev–Trinajstić information content (AvgIpc) is 2.75. The van der Waals surface area contributed by atoms with Crippen molar-refractivity contribution in [3.63, 3.8) is 0 Å². The van der Waals surface area contributed by atoms with Crippen molar-refractivity contribution in [3.8, 4) is 0 Å². The maximum absolute atomic E-state index is 10.1. The van der Waals surface area contributed by atoms with Crippen LogP contribution in [0.3, 0.4) is 0 Å². The first kappa shape index (κ1) is 11.4. The second-order valence-corrected chi connectivity index (χ2v) is 4.74. The molecule has 0 amide bonds. The summed E-state index contributed by atoms with van der Waals surface area (Å²) < 4.78 is 13.6. The van der Waals surface area contributed by atoms with Gasteiger partial charge < -0.3 is 20.1 Å². The van der Waals surface area contributed by atoms with Crippen LogP contribution in [-0.2, 0) is 4.74 Å². The standard InChI is InChI=1S/C15H16O4/c16-8-12-13(17)14(18)15(19-12)11-7-3-5-9-4-1-2-6-10(9)11/h1-7,12-18H,8H2/t12-,13-,14-,15?/m1/s1/i7D. The van der Waals surface area contributed by atoms with Crippen molar-refractivity contribution in [1.29, 1.82) is 0 Å². The second kappa shape index (κ2) is 4.90. The molecule has 3 N–H and O–H groups in total. The van der Waals surface area contributed by atoms with Crippen molar-refractivity contribution < 1.29 is 21.4 Å². The van der Waals surface area contributed by atoms with E-state index in [0.29, 0.717) is 5.56 Å². The summed E-state index contributed by atoms with van der Waals surface area (Å²) in [5, 5.41) is 30.9. The fourth-order valence-corrected chi connectivity index (χ4v) is 2.56. The van der Waals surface area contributed by atoms with E-state index in [2.05, 4.69) is 0 Å². The van der Waals surface area contributed by atoms with E-state index in [9.17, 15) is 10.2 Å². The smallest absolute Gasteiger partial charge is 0.113 e. The van der Waals surface area contributed by atoms with Crippen LogP contribution in [0.5, 0.6) is 0 Å². The fourth-order valence-electron chi connectivity index (χ4n) is 2.56. The molecule has 1 aliphatic rings. The average molecular weight is 261 g/mol. The van der Waals surface area contributed by atoms with E-state index in [0.717, 1.165) is 10.8 Å². The zero-order chi connectivity index (χ0) is 14.3. The Balaban J connectivity index is 2.13. The van der Waals surface area contributed by atoms with Crippen molar-refractivity contribution in [1.82, 2.24) is 0 Å². The molecule has 1 fully saturated rings. The highest BCUT2D eigenvalue weighted by atomic mass is 16.6. The maximum atomic E-state index is 10.1. The first-order chi connectivity index (χ1) is 9.63. The highest BCUT2D eigenvalue weighted by molar-refractivity contribution is 5.86. The van der Waals surface area contributed by atoms with Crippen molar-refractivity contribution in [2.75, 3.05) is 6.61 Å². The predicted molar refractivity (Wildman–Crippen MR) is 70.7 cm³/mol. The molecule has 0 aliphatic carbocycles.